The Balaban J connectivity index is 2.96. The molecule has 66 valence electrons. The SMILES string of the molecule is CC(O)Cc1c(Cl)cccc1Cl. The highest BCUT2D eigenvalue weighted by Crippen LogP contribution is 2.25. The molecule has 0 spiro atoms. The molecule has 1 rings (SSSR count). The highest BCUT2D eigenvalue weighted by Gasteiger charge is 2.07. The summed E-state index contributed by atoms with van der Waals surface area (Å²) in [5.41, 5.74) is 0.816. The molecule has 0 saturated heterocycles. The van der Waals surface area contributed by atoms with E-state index < -0.39 is 6.10 Å². The first kappa shape index (κ1) is 9.85. The highest BCUT2D eigenvalue weighted by atomic mass is 35.5. The highest BCUT2D eigenvalue weighted by molar-refractivity contribution is 6.35. The molecule has 0 aliphatic carbocycles. The Kier molecular flexibility index (Phi) is 3.39. The van der Waals surface area contributed by atoms with E-state index in [1.165, 1.54) is 0 Å². The van der Waals surface area contributed by atoms with Gasteiger partial charge in [0.05, 0.1) is 6.10 Å². The zero-order valence-electron chi connectivity index (χ0n) is 6.72. The quantitative estimate of drug-likeness (QED) is 0.786. The van der Waals surface area contributed by atoms with Crippen LogP contribution in [0.4, 0.5) is 0 Å². The second kappa shape index (κ2) is 4.13. The molecule has 1 unspecified atom stereocenters. The van der Waals surface area contributed by atoms with Gasteiger partial charge in [-0.25, -0.2) is 0 Å². The van der Waals surface area contributed by atoms with Crippen LogP contribution >= 0.6 is 23.2 Å². The van der Waals surface area contributed by atoms with E-state index >= 15 is 0 Å². The lowest BCUT2D eigenvalue weighted by Crippen LogP contribution is -2.05. The normalized spacial score (nSPS) is 13.0. The molecule has 1 nitrogen and oxygen atoms in total. The standard InChI is InChI=1S/C9H10Cl2O/c1-6(12)5-7-8(10)3-2-4-9(7)11/h2-4,6,12H,5H2,1H3. The van der Waals surface area contributed by atoms with E-state index in [1.54, 1.807) is 25.1 Å². The molecule has 1 aromatic rings. The van der Waals surface area contributed by atoms with Gasteiger partial charge < -0.3 is 5.11 Å². The Morgan fingerprint density at radius 2 is 1.83 bits per heavy atom. The van der Waals surface area contributed by atoms with Crippen LogP contribution in [0.1, 0.15) is 12.5 Å². The van der Waals surface area contributed by atoms with Crippen molar-refractivity contribution in [3.8, 4) is 0 Å². The van der Waals surface area contributed by atoms with E-state index in [0.29, 0.717) is 16.5 Å². The van der Waals surface area contributed by atoms with Gasteiger partial charge in [-0.3, -0.25) is 0 Å². The van der Waals surface area contributed by atoms with Gasteiger partial charge in [0.2, 0.25) is 0 Å². The van der Waals surface area contributed by atoms with Gasteiger partial charge in [-0.15, -0.1) is 0 Å². The molecule has 0 aromatic heterocycles. The van der Waals surface area contributed by atoms with E-state index in [0.717, 1.165) is 5.56 Å². The summed E-state index contributed by atoms with van der Waals surface area (Å²) in [6, 6.07) is 5.33. The van der Waals surface area contributed by atoms with Gasteiger partial charge in [0, 0.05) is 16.5 Å². The second-order valence-corrected chi connectivity index (χ2v) is 3.57. The molecule has 12 heavy (non-hydrogen) atoms. The predicted octanol–water partition coefficient (Wildman–Crippen LogP) is 2.92. The van der Waals surface area contributed by atoms with Crippen molar-refractivity contribution in [2.45, 2.75) is 19.4 Å². The van der Waals surface area contributed by atoms with E-state index in [4.69, 9.17) is 28.3 Å². The van der Waals surface area contributed by atoms with Crippen LogP contribution in [0, 0.1) is 0 Å². The minimum Gasteiger partial charge on any atom is -0.393 e. The average Bonchev–Trinajstić information content (AvgIpc) is 1.97. The molecule has 0 amide bonds. The summed E-state index contributed by atoms with van der Waals surface area (Å²) in [4.78, 5) is 0. The summed E-state index contributed by atoms with van der Waals surface area (Å²) in [5.74, 6) is 0. The maximum absolute atomic E-state index is 9.14. The fraction of sp³-hybridized carbons (Fsp3) is 0.333. The Bertz CT molecular complexity index is 251. The van der Waals surface area contributed by atoms with Crippen molar-refractivity contribution in [2.24, 2.45) is 0 Å². The van der Waals surface area contributed by atoms with Crippen molar-refractivity contribution < 1.29 is 5.11 Å². The third-order valence-electron chi connectivity index (χ3n) is 1.56. The molecular weight excluding hydrogens is 195 g/mol. The van der Waals surface area contributed by atoms with Crippen LogP contribution in [-0.4, -0.2) is 11.2 Å². The maximum atomic E-state index is 9.14. The Morgan fingerprint density at radius 1 is 1.33 bits per heavy atom. The molecule has 1 N–H and O–H groups in total. The number of aliphatic hydroxyl groups is 1. The largest absolute Gasteiger partial charge is 0.393 e. The van der Waals surface area contributed by atoms with Gasteiger partial charge >= 0.3 is 0 Å². The zero-order valence-corrected chi connectivity index (χ0v) is 8.23. The van der Waals surface area contributed by atoms with Gasteiger partial charge in [-0.1, -0.05) is 29.3 Å². The number of hydrogen-bond donors (Lipinski definition) is 1. The molecule has 0 aliphatic rings. The first-order chi connectivity index (χ1) is 5.61. The van der Waals surface area contributed by atoms with Crippen molar-refractivity contribution in [3.63, 3.8) is 0 Å². The smallest absolute Gasteiger partial charge is 0.0553 e. The van der Waals surface area contributed by atoms with Crippen LogP contribution in [0.5, 0.6) is 0 Å². The number of aliphatic hydroxyl groups excluding tert-OH is 1. The van der Waals surface area contributed by atoms with Crippen LogP contribution in [0.25, 0.3) is 0 Å². The lowest BCUT2D eigenvalue weighted by molar-refractivity contribution is 0.195. The van der Waals surface area contributed by atoms with Gasteiger partial charge in [0.25, 0.3) is 0 Å². The Labute approximate surface area is 81.9 Å². The molecule has 1 atom stereocenters. The molecule has 0 radical (unpaired) electrons. The van der Waals surface area contributed by atoms with Crippen molar-refractivity contribution in [3.05, 3.63) is 33.8 Å². The lowest BCUT2D eigenvalue weighted by atomic mass is 10.1. The van der Waals surface area contributed by atoms with Crippen molar-refractivity contribution in [2.75, 3.05) is 0 Å². The minimum atomic E-state index is -0.414. The van der Waals surface area contributed by atoms with Crippen molar-refractivity contribution in [1.29, 1.82) is 0 Å². The summed E-state index contributed by atoms with van der Waals surface area (Å²) >= 11 is 11.8. The van der Waals surface area contributed by atoms with Gasteiger partial charge in [-0.2, -0.15) is 0 Å². The zero-order chi connectivity index (χ0) is 9.14. The molecule has 1 aromatic carbocycles. The number of hydrogen-bond acceptors (Lipinski definition) is 1. The molecule has 0 fully saturated rings. The second-order valence-electron chi connectivity index (χ2n) is 2.75. The summed E-state index contributed by atoms with van der Waals surface area (Å²) in [5, 5.41) is 10.4. The third kappa shape index (κ3) is 2.37. The third-order valence-corrected chi connectivity index (χ3v) is 2.27. The Hall–Kier alpha value is -0.240. The van der Waals surface area contributed by atoms with Crippen LogP contribution in [0.2, 0.25) is 10.0 Å². The van der Waals surface area contributed by atoms with E-state index in [1.807, 2.05) is 0 Å². The van der Waals surface area contributed by atoms with Crippen LogP contribution in [0.15, 0.2) is 18.2 Å². The van der Waals surface area contributed by atoms with E-state index in [9.17, 15) is 0 Å². The number of rotatable bonds is 2. The topological polar surface area (TPSA) is 20.2 Å². The molecule has 0 bridgehead atoms. The monoisotopic (exact) mass is 204 g/mol. The van der Waals surface area contributed by atoms with Gasteiger partial charge in [0.15, 0.2) is 0 Å². The summed E-state index contributed by atoms with van der Waals surface area (Å²) < 4.78 is 0. The summed E-state index contributed by atoms with van der Waals surface area (Å²) in [7, 11) is 0. The molecule has 3 heteroatoms. The van der Waals surface area contributed by atoms with Crippen molar-refractivity contribution >= 4 is 23.2 Å². The minimum absolute atomic E-state index is 0.414. The molecular formula is C9H10Cl2O. The van der Waals surface area contributed by atoms with Crippen LogP contribution in [0.3, 0.4) is 0 Å². The molecule has 0 saturated carbocycles. The predicted molar refractivity (Wildman–Crippen MR) is 51.8 cm³/mol. The summed E-state index contributed by atoms with van der Waals surface area (Å²) in [6.07, 6.45) is 0.0841. The summed E-state index contributed by atoms with van der Waals surface area (Å²) in [6.45, 7) is 1.71. The number of benzene rings is 1. The maximum Gasteiger partial charge on any atom is 0.0553 e. The molecule has 0 aliphatic heterocycles. The fourth-order valence-electron chi connectivity index (χ4n) is 1.02. The lowest BCUT2D eigenvalue weighted by Gasteiger charge is -2.07. The first-order valence-corrected chi connectivity index (χ1v) is 4.48. The van der Waals surface area contributed by atoms with Gasteiger partial charge in [0.1, 0.15) is 0 Å². The fourth-order valence-corrected chi connectivity index (χ4v) is 1.57. The van der Waals surface area contributed by atoms with Crippen LogP contribution < -0.4 is 0 Å². The van der Waals surface area contributed by atoms with Crippen molar-refractivity contribution in [1.82, 2.24) is 0 Å². The molecule has 0 heterocycles. The Morgan fingerprint density at radius 3 is 2.25 bits per heavy atom. The number of halogens is 2. The first-order valence-electron chi connectivity index (χ1n) is 3.72. The van der Waals surface area contributed by atoms with Gasteiger partial charge in [-0.05, 0) is 24.6 Å². The van der Waals surface area contributed by atoms with Crippen LogP contribution in [-0.2, 0) is 6.42 Å². The average molecular weight is 205 g/mol. The van der Waals surface area contributed by atoms with E-state index in [-0.39, 0.29) is 0 Å². The van der Waals surface area contributed by atoms with E-state index in [2.05, 4.69) is 0 Å².